The first-order chi connectivity index (χ1) is 14.4. The maximum atomic E-state index is 2.53. The first-order valence-electron chi connectivity index (χ1n) is 12.3. The maximum absolute atomic E-state index is 2.53. The van der Waals surface area contributed by atoms with Crippen molar-refractivity contribution in [2.24, 2.45) is 0 Å². The van der Waals surface area contributed by atoms with Crippen LogP contribution < -0.4 is 0 Å². The lowest BCUT2D eigenvalue weighted by molar-refractivity contribution is 0.432. The standard InChI is InChI=1S/C30H42/c1-6-7-8-9-10-11-13-26-21-27-14-12-19-30(4,5)29(27)22-28(26)24(3)20-25-17-15-23(2)16-18-25/h11,13,15,17,20-22H,6-10,12,14,16,18-19H2,1-5H3/b13-11+,24-20+. The van der Waals surface area contributed by atoms with Gasteiger partial charge in [0.15, 0.2) is 0 Å². The Hall–Kier alpha value is -1.82. The lowest BCUT2D eigenvalue weighted by Gasteiger charge is -2.33. The molecule has 1 aromatic rings. The number of aryl methyl sites for hydroxylation is 1. The number of unbranched alkanes of at least 4 members (excludes halogenated alkanes) is 4. The SMILES string of the molecule is CCCCCC/C=C/c1cc2c(cc1/C(C)=C/C1=CC=C(C)CC1)C(C)(C)CCC2. The van der Waals surface area contributed by atoms with Crippen molar-refractivity contribution in [2.45, 2.75) is 104 Å². The highest BCUT2D eigenvalue weighted by Crippen LogP contribution is 2.40. The van der Waals surface area contributed by atoms with Crippen molar-refractivity contribution in [1.29, 1.82) is 0 Å². The van der Waals surface area contributed by atoms with Crippen LogP contribution in [0.5, 0.6) is 0 Å². The molecule has 0 radical (unpaired) electrons. The second-order valence-electron chi connectivity index (χ2n) is 10.2. The molecule has 0 nitrogen and oxygen atoms in total. The molecular formula is C30H42. The minimum Gasteiger partial charge on any atom is -0.0839 e. The summed E-state index contributed by atoms with van der Waals surface area (Å²) in [6, 6.07) is 5.03. The molecule has 0 heteroatoms. The molecule has 2 aliphatic carbocycles. The van der Waals surface area contributed by atoms with E-state index in [0.717, 1.165) is 0 Å². The Kier molecular flexibility index (Phi) is 7.98. The first kappa shape index (κ1) is 22.9. The highest BCUT2D eigenvalue weighted by atomic mass is 14.3. The lowest BCUT2D eigenvalue weighted by Crippen LogP contribution is -2.24. The van der Waals surface area contributed by atoms with Gasteiger partial charge in [0.25, 0.3) is 0 Å². The van der Waals surface area contributed by atoms with E-state index in [1.165, 1.54) is 92.1 Å². The first-order valence-corrected chi connectivity index (χ1v) is 12.3. The fraction of sp³-hybridized carbons (Fsp3) is 0.533. The Morgan fingerprint density at radius 3 is 2.60 bits per heavy atom. The number of fused-ring (bicyclic) bond motifs is 1. The molecule has 2 aliphatic rings. The predicted molar refractivity (Wildman–Crippen MR) is 135 cm³/mol. The van der Waals surface area contributed by atoms with E-state index in [-0.39, 0.29) is 5.41 Å². The van der Waals surface area contributed by atoms with Crippen LogP contribution >= 0.6 is 0 Å². The van der Waals surface area contributed by atoms with Crippen LogP contribution in [0.1, 0.15) is 115 Å². The molecule has 0 aliphatic heterocycles. The summed E-state index contributed by atoms with van der Waals surface area (Å²) in [5.41, 5.74) is 10.6. The number of allylic oxidation sites excluding steroid dienone is 7. The quantitative estimate of drug-likeness (QED) is 0.380. The van der Waals surface area contributed by atoms with Crippen LogP contribution in [0.3, 0.4) is 0 Å². The molecule has 30 heavy (non-hydrogen) atoms. The minimum absolute atomic E-state index is 0.287. The molecule has 162 valence electrons. The molecule has 0 bridgehead atoms. The molecule has 0 atom stereocenters. The number of hydrogen-bond donors (Lipinski definition) is 0. The predicted octanol–water partition coefficient (Wildman–Crippen LogP) is 9.35. The van der Waals surface area contributed by atoms with Gasteiger partial charge in [0.2, 0.25) is 0 Å². The van der Waals surface area contributed by atoms with E-state index in [1.54, 1.807) is 11.1 Å². The van der Waals surface area contributed by atoms with Gasteiger partial charge in [-0.3, -0.25) is 0 Å². The fourth-order valence-electron chi connectivity index (χ4n) is 4.97. The van der Waals surface area contributed by atoms with E-state index in [1.807, 2.05) is 0 Å². The maximum Gasteiger partial charge on any atom is -0.0100 e. The Labute approximate surface area is 185 Å². The highest BCUT2D eigenvalue weighted by Gasteiger charge is 2.28. The van der Waals surface area contributed by atoms with Crippen molar-refractivity contribution in [1.82, 2.24) is 0 Å². The van der Waals surface area contributed by atoms with Crippen LogP contribution in [0, 0.1) is 0 Å². The third-order valence-electron chi connectivity index (χ3n) is 6.99. The summed E-state index contributed by atoms with van der Waals surface area (Å²) >= 11 is 0. The fourth-order valence-corrected chi connectivity index (χ4v) is 4.97. The summed E-state index contributed by atoms with van der Waals surface area (Å²) in [6.45, 7) is 11.7. The van der Waals surface area contributed by atoms with Gasteiger partial charge in [0, 0.05) is 0 Å². The van der Waals surface area contributed by atoms with Gasteiger partial charge in [0.1, 0.15) is 0 Å². The largest absolute Gasteiger partial charge is 0.0839 e. The van der Waals surface area contributed by atoms with Crippen molar-refractivity contribution < 1.29 is 0 Å². The van der Waals surface area contributed by atoms with Crippen molar-refractivity contribution in [2.75, 3.05) is 0 Å². The summed E-state index contributed by atoms with van der Waals surface area (Å²) < 4.78 is 0. The van der Waals surface area contributed by atoms with Crippen LogP contribution in [0.4, 0.5) is 0 Å². The summed E-state index contributed by atoms with van der Waals surface area (Å²) in [5, 5.41) is 0. The third kappa shape index (κ3) is 5.87. The van der Waals surface area contributed by atoms with Gasteiger partial charge in [-0.1, -0.05) is 88.1 Å². The molecular weight excluding hydrogens is 360 g/mol. The van der Waals surface area contributed by atoms with Crippen molar-refractivity contribution in [3.05, 3.63) is 69.8 Å². The van der Waals surface area contributed by atoms with Gasteiger partial charge in [0.05, 0.1) is 0 Å². The Bertz CT molecular complexity index is 854. The molecule has 0 saturated heterocycles. The van der Waals surface area contributed by atoms with Crippen molar-refractivity contribution in [3.63, 3.8) is 0 Å². The van der Waals surface area contributed by atoms with Crippen LogP contribution in [0.25, 0.3) is 11.6 Å². The van der Waals surface area contributed by atoms with E-state index in [9.17, 15) is 0 Å². The molecule has 3 rings (SSSR count). The summed E-state index contributed by atoms with van der Waals surface area (Å²) in [4.78, 5) is 0. The van der Waals surface area contributed by atoms with Gasteiger partial charge in [-0.15, -0.1) is 0 Å². The third-order valence-corrected chi connectivity index (χ3v) is 6.99. The highest BCUT2D eigenvalue weighted by molar-refractivity contribution is 5.76. The second-order valence-corrected chi connectivity index (χ2v) is 10.2. The molecule has 0 heterocycles. The van der Waals surface area contributed by atoms with E-state index >= 15 is 0 Å². The van der Waals surface area contributed by atoms with Gasteiger partial charge >= 0.3 is 0 Å². The van der Waals surface area contributed by atoms with Crippen LogP contribution in [0.15, 0.2) is 47.6 Å². The zero-order valence-corrected chi connectivity index (χ0v) is 20.1. The lowest BCUT2D eigenvalue weighted by atomic mass is 9.71. The van der Waals surface area contributed by atoms with Crippen LogP contribution in [-0.2, 0) is 11.8 Å². The zero-order chi connectivity index (χ0) is 21.6. The Morgan fingerprint density at radius 2 is 1.87 bits per heavy atom. The Balaban J connectivity index is 1.93. The van der Waals surface area contributed by atoms with Crippen LogP contribution in [-0.4, -0.2) is 0 Å². The summed E-state index contributed by atoms with van der Waals surface area (Å²) in [6.07, 6.45) is 24.6. The molecule has 0 fully saturated rings. The minimum atomic E-state index is 0.287. The molecule has 1 aromatic carbocycles. The van der Waals surface area contributed by atoms with E-state index < -0.39 is 0 Å². The molecule has 0 aromatic heterocycles. The van der Waals surface area contributed by atoms with E-state index in [4.69, 9.17) is 0 Å². The topological polar surface area (TPSA) is 0 Å². The number of benzene rings is 1. The average molecular weight is 403 g/mol. The van der Waals surface area contributed by atoms with Gasteiger partial charge in [-0.2, -0.15) is 0 Å². The smallest absolute Gasteiger partial charge is 0.0100 e. The zero-order valence-electron chi connectivity index (χ0n) is 20.1. The van der Waals surface area contributed by atoms with E-state index in [2.05, 4.69) is 77.1 Å². The number of hydrogen-bond acceptors (Lipinski definition) is 0. The molecule has 0 N–H and O–H groups in total. The molecule has 0 spiro atoms. The Morgan fingerprint density at radius 1 is 1.03 bits per heavy atom. The number of rotatable bonds is 8. The van der Waals surface area contributed by atoms with Gasteiger partial charge in [-0.25, -0.2) is 0 Å². The van der Waals surface area contributed by atoms with Crippen LogP contribution in [0.2, 0.25) is 0 Å². The molecule has 0 amide bonds. The van der Waals surface area contributed by atoms with Crippen molar-refractivity contribution >= 4 is 11.6 Å². The summed E-state index contributed by atoms with van der Waals surface area (Å²) in [7, 11) is 0. The second kappa shape index (κ2) is 10.5. The monoisotopic (exact) mass is 402 g/mol. The molecule has 0 saturated carbocycles. The van der Waals surface area contributed by atoms with E-state index in [0.29, 0.717) is 0 Å². The normalized spacial score (nSPS) is 18.9. The average Bonchev–Trinajstić information content (AvgIpc) is 2.71. The van der Waals surface area contributed by atoms with Gasteiger partial charge < -0.3 is 0 Å². The van der Waals surface area contributed by atoms with Crippen molar-refractivity contribution in [3.8, 4) is 0 Å². The summed E-state index contributed by atoms with van der Waals surface area (Å²) in [5.74, 6) is 0. The molecule has 0 unspecified atom stereocenters. The van der Waals surface area contributed by atoms with Gasteiger partial charge in [-0.05, 0) is 97.6 Å².